The first-order valence-corrected chi connectivity index (χ1v) is 11.1. The number of carbonyl (C=O) groups excluding carboxylic acids is 1. The number of hydroxylamine groups is 2. The van der Waals surface area contributed by atoms with Crippen LogP contribution in [0.4, 0.5) is 0 Å². The summed E-state index contributed by atoms with van der Waals surface area (Å²) >= 11 is 0. The van der Waals surface area contributed by atoms with Crippen LogP contribution in [0.25, 0.3) is 0 Å². The molecule has 2 N–H and O–H groups in total. The van der Waals surface area contributed by atoms with Crippen LogP contribution >= 0.6 is 0 Å². The Morgan fingerprint density at radius 3 is 2.34 bits per heavy atom. The second-order valence-electron chi connectivity index (χ2n) is 9.78. The Hall–Kier alpha value is -0.210. The highest BCUT2D eigenvalue weighted by Gasteiger charge is 2.54. The Labute approximate surface area is 189 Å². The Bertz CT molecular complexity index is 520. The molecule has 0 aromatic carbocycles. The lowest BCUT2D eigenvalue weighted by Gasteiger charge is -2.58. The molecule has 1 aliphatic heterocycles. The van der Waals surface area contributed by atoms with Gasteiger partial charge in [-0.05, 0) is 47.0 Å². The number of amides is 1. The summed E-state index contributed by atoms with van der Waals surface area (Å²) in [7, 11) is 4.41. The van der Waals surface area contributed by atoms with Crippen molar-refractivity contribution >= 4 is 5.91 Å². The largest absolute Gasteiger partial charge is 1.00 e. The molecule has 0 bridgehead atoms. The van der Waals surface area contributed by atoms with Crippen LogP contribution in [0.5, 0.6) is 0 Å². The summed E-state index contributed by atoms with van der Waals surface area (Å²) in [5.74, 6) is -0.00100. The van der Waals surface area contributed by atoms with Crippen molar-refractivity contribution in [3.63, 3.8) is 0 Å². The van der Waals surface area contributed by atoms with Crippen LogP contribution in [0.1, 0.15) is 74.1 Å². The highest BCUT2D eigenvalue weighted by atomic mass is 79.9. The van der Waals surface area contributed by atoms with Crippen LogP contribution in [0.15, 0.2) is 0 Å². The van der Waals surface area contributed by atoms with Crippen LogP contribution in [0.2, 0.25) is 0 Å². The van der Waals surface area contributed by atoms with Gasteiger partial charge in [-0.25, -0.2) is 0 Å². The van der Waals surface area contributed by atoms with Gasteiger partial charge < -0.3 is 31.9 Å². The van der Waals surface area contributed by atoms with E-state index in [9.17, 15) is 9.90 Å². The number of quaternary nitrogens is 1. The fourth-order valence-corrected chi connectivity index (χ4v) is 4.15. The van der Waals surface area contributed by atoms with Crippen molar-refractivity contribution < 1.29 is 36.2 Å². The van der Waals surface area contributed by atoms with Gasteiger partial charge in [0.05, 0.1) is 33.3 Å². The van der Waals surface area contributed by atoms with Crippen molar-refractivity contribution in [2.75, 3.05) is 33.7 Å². The topological polar surface area (TPSA) is 61.8 Å². The maximum Gasteiger partial charge on any atom is 0.250 e. The van der Waals surface area contributed by atoms with Gasteiger partial charge in [-0.3, -0.25) is 9.63 Å². The summed E-state index contributed by atoms with van der Waals surface area (Å²) in [6.45, 7) is 17.4. The van der Waals surface area contributed by atoms with E-state index in [2.05, 4.69) is 61.0 Å². The number of piperidine rings is 1. The fourth-order valence-electron chi connectivity index (χ4n) is 4.15. The van der Waals surface area contributed by atoms with E-state index >= 15 is 0 Å². The highest BCUT2D eigenvalue weighted by Crippen LogP contribution is 2.46. The quantitative estimate of drug-likeness (QED) is 0.340. The lowest BCUT2D eigenvalue weighted by Crippen LogP contribution is -3.00. The van der Waals surface area contributed by atoms with Crippen molar-refractivity contribution in [3.8, 4) is 0 Å². The van der Waals surface area contributed by atoms with Crippen molar-refractivity contribution in [1.82, 2.24) is 10.4 Å². The molecule has 5 atom stereocenters. The first-order chi connectivity index (χ1) is 12.9. The van der Waals surface area contributed by atoms with Crippen LogP contribution in [0.3, 0.4) is 0 Å². The van der Waals surface area contributed by atoms with Crippen LogP contribution in [0, 0.1) is 5.92 Å². The first-order valence-electron chi connectivity index (χ1n) is 11.1. The van der Waals surface area contributed by atoms with Gasteiger partial charge in [-0.2, -0.15) is 5.06 Å². The molecule has 0 saturated carbocycles. The fraction of sp³-hybridized carbons (Fsp3) is 0.955. The Kier molecular flexibility index (Phi) is 11.3. The number of carbonyl (C=O) groups is 1. The molecule has 1 saturated heterocycles. The van der Waals surface area contributed by atoms with E-state index in [1.807, 2.05) is 12.0 Å². The summed E-state index contributed by atoms with van der Waals surface area (Å²) in [6.07, 6.45) is 2.38. The standard InChI is InChI=1S/C22H45N3O3.BrH/c1-10-21(6)16-19(26)17(4)22(7,11-2)24(21)28-18(5)20(27)23-14-13-15-25(8,9)12-3;/h17-19,26H,10-16H2,1-9H3;1H. The van der Waals surface area contributed by atoms with Gasteiger partial charge in [0, 0.05) is 30.0 Å². The van der Waals surface area contributed by atoms with E-state index < -0.39 is 6.10 Å². The molecule has 0 aliphatic carbocycles. The van der Waals surface area contributed by atoms with Crippen LogP contribution < -0.4 is 22.3 Å². The first kappa shape index (κ1) is 28.8. The number of aliphatic hydroxyl groups is 1. The van der Waals surface area contributed by atoms with E-state index in [1.54, 1.807) is 0 Å². The lowest BCUT2D eigenvalue weighted by molar-refractivity contribution is -0.888. The third-order valence-corrected chi connectivity index (χ3v) is 7.37. The molecule has 1 heterocycles. The average molecular weight is 481 g/mol. The summed E-state index contributed by atoms with van der Waals surface area (Å²) in [4.78, 5) is 18.9. The molecule has 1 amide bonds. The molecular formula is C22H46BrN3O3. The average Bonchev–Trinajstić information content (AvgIpc) is 2.66. The van der Waals surface area contributed by atoms with Crippen LogP contribution in [-0.4, -0.2) is 77.6 Å². The molecule has 0 aromatic heterocycles. The number of aliphatic hydroxyl groups excluding tert-OH is 1. The van der Waals surface area contributed by atoms with E-state index in [1.165, 1.54) is 0 Å². The van der Waals surface area contributed by atoms with Gasteiger partial charge in [-0.1, -0.05) is 20.8 Å². The van der Waals surface area contributed by atoms with Gasteiger partial charge in [0.2, 0.25) is 0 Å². The summed E-state index contributed by atoms with van der Waals surface area (Å²) in [6, 6.07) is 0. The zero-order valence-corrected chi connectivity index (χ0v) is 21.8. The third-order valence-electron chi connectivity index (χ3n) is 7.37. The molecule has 1 fully saturated rings. The van der Waals surface area contributed by atoms with Crippen molar-refractivity contribution in [3.05, 3.63) is 0 Å². The van der Waals surface area contributed by atoms with Gasteiger partial charge in [0.25, 0.3) is 5.91 Å². The predicted molar refractivity (Wildman–Crippen MR) is 115 cm³/mol. The normalized spacial score (nSPS) is 31.8. The van der Waals surface area contributed by atoms with Crippen LogP contribution in [-0.2, 0) is 9.63 Å². The van der Waals surface area contributed by atoms with Gasteiger partial charge in [0.1, 0.15) is 0 Å². The zero-order chi connectivity index (χ0) is 21.8. The molecule has 7 heteroatoms. The minimum absolute atomic E-state index is 0. The third kappa shape index (κ3) is 6.89. The number of halogens is 1. The summed E-state index contributed by atoms with van der Waals surface area (Å²) in [5, 5.41) is 15.7. The summed E-state index contributed by atoms with van der Waals surface area (Å²) in [5.41, 5.74) is -0.618. The van der Waals surface area contributed by atoms with E-state index in [4.69, 9.17) is 4.84 Å². The molecule has 29 heavy (non-hydrogen) atoms. The summed E-state index contributed by atoms with van der Waals surface area (Å²) < 4.78 is 0.958. The molecule has 174 valence electrons. The number of rotatable bonds is 10. The number of hydrogen-bond donors (Lipinski definition) is 2. The molecule has 0 aromatic rings. The second kappa shape index (κ2) is 11.4. The van der Waals surface area contributed by atoms with Crippen molar-refractivity contribution in [1.29, 1.82) is 0 Å². The lowest BCUT2D eigenvalue weighted by atomic mass is 9.69. The highest BCUT2D eigenvalue weighted by molar-refractivity contribution is 5.80. The van der Waals surface area contributed by atoms with Gasteiger partial charge in [-0.15, -0.1) is 0 Å². The number of hydrogen-bond acceptors (Lipinski definition) is 4. The molecule has 0 spiro atoms. The minimum Gasteiger partial charge on any atom is -1.00 e. The van der Waals surface area contributed by atoms with Gasteiger partial charge in [0.15, 0.2) is 6.10 Å². The smallest absolute Gasteiger partial charge is 0.250 e. The predicted octanol–water partition coefficient (Wildman–Crippen LogP) is -0.0468. The van der Waals surface area contributed by atoms with E-state index in [0.717, 1.165) is 36.8 Å². The molecule has 0 radical (unpaired) electrons. The minimum atomic E-state index is -0.562. The molecule has 6 nitrogen and oxygen atoms in total. The number of nitrogens with one attached hydrogen (secondary N) is 1. The maximum absolute atomic E-state index is 12.6. The van der Waals surface area contributed by atoms with E-state index in [0.29, 0.717) is 13.0 Å². The van der Waals surface area contributed by atoms with Crippen molar-refractivity contribution in [2.24, 2.45) is 5.92 Å². The molecular weight excluding hydrogens is 434 g/mol. The van der Waals surface area contributed by atoms with Gasteiger partial charge >= 0.3 is 0 Å². The van der Waals surface area contributed by atoms with Crippen molar-refractivity contribution in [2.45, 2.75) is 97.4 Å². The van der Waals surface area contributed by atoms with E-state index in [-0.39, 0.29) is 46.0 Å². The molecule has 1 aliphatic rings. The monoisotopic (exact) mass is 479 g/mol. The Balaban J connectivity index is 0.00000784. The zero-order valence-electron chi connectivity index (χ0n) is 20.2. The number of nitrogens with zero attached hydrogens (tertiary/aromatic N) is 2. The maximum atomic E-state index is 12.6. The molecule has 1 rings (SSSR count). The SMILES string of the molecule is CCC1(C)CC(O)C(C)C(C)(CC)N1OC(C)C(=O)NCCC[N+](C)(C)CC.[Br-]. The Morgan fingerprint density at radius 1 is 1.28 bits per heavy atom. The second-order valence-corrected chi connectivity index (χ2v) is 9.78. The molecule has 5 unspecified atom stereocenters. The Morgan fingerprint density at radius 2 is 1.86 bits per heavy atom.